The Bertz CT molecular complexity index is 973. The van der Waals surface area contributed by atoms with E-state index in [9.17, 15) is 27.6 Å². The lowest BCUT2D eigenvalue weighted by Gasteiger charge is -2.14. The maximum Gasteiger partial charge on any atom is 0.333 e. The molecule has 3 aliphatic rings. The molecule has 13 nitrogen and oxygen atoms in total. The number of imide groups is 1. The zero-order valence-corrected chi connectivity index (χ0v) is 20.8. The Morgan fingerprint density at radius 1 is 1.20 bits per heavy atom. The maximum absolute atomic E-state index is 12.0. The monoisotopic (exact) mass is 533 g/mol. The largest absolute Gasteiger partial charge is 0.370 e. The van der Waals surface area contributed by atoms with Crippen LogP contribution in [0.5, 0.6) is 0 Å². The minimum absolute atomic E-state index is 0.0226. The summed E-state index contributed by atoms with van der Waals surface area (Å²) in [6, 6.07) is 0.564. The highest BCUT2D eigenvalue weighted by atomic mass is 32.2. The van der Waals surface area contributed by atoms with Crippen molar-refractivity contribution in [3.63, 3.8) is 0 Å². The van der Waals surface area contributed by atoms with Crippen molar-refractivity contribution in [3.05, 3.63) is 0 Å². The molecule has 0 aromatic rings. The molecule has 15 heteroatoms. The van der Waals surface area contributed by atoms with Gasteiger partial charge in [-0.2, -0.15) is 20.2 Å². The average Bonchev–Trinajstić information content (AvgIpc) is 3.41. The van der Waals surface area contributed by atoms with Crippen molar-refractivity contribution in [1.82, 2.24) is 15.7 Å². The van der Waals surface area contributed by atoms with Crippen LogP contribution in [0.25, 0.3) is 0 Å². The van der Waals surface area contributed by atoms with Crippen LogP contribution in [0.2, 0.25) is 0 Å². The summed E-state index contributed by atoms with van der Waals surface area (Å²) in [4.78, 5) is 56.4. The fourth-order valence-corrected chi connectivity index (χ4v) is 6.42. The van der Waals surface area contributed by atoms with Crippen LogP contribution in [0, 0.1) is 0 Å². The van der Waals surface area contributed by atoms with E-state index in [4.69, 9.17) is 10.3 Å². The van der Waals surface area contributed by atoms with Crippen LogP contribution in [0.15, 0.2) is 4.99 Å². The fourth-order valence-electron chi connectivity index (χ4n) is 4.20. The molecule has 4 atom stereocenters. The number of hydrogen-bond donors (Lipinski definition) is 4. The molecule has 0 bridgehead atoms. The standard InChI is InChI=1S/C20H31N5O8S2/c21-20-23-12-11-34-13(18(12)24-20)6-3-4-7-15(26)22-9-5-1-2-8-17(28)33-25-16(27)10-14(19(25)29)35(30,31)32/h12-14,18H,1-11H2,(H,22,26)(H3,21,23,24)(H,30,31,32). The van der Waals surface area contributed by atoms with Crippen LogP contribution in [-0.2, 0) is 34.1 Å². The molecular weight excluding hydrogens is 502 g/mol. The molecule has 0 spiro atoms. The lowest BCUT2D eigenvalue weighted by molar-refractivity contribution is -0.197. The first-order valence-electron chi connectivity index (χ1n) is 11.6. The number of carbonyl (C=O) groups is 4. The van der Waals surface area contributed by atoms with Gasteiger partial charge in [-0.15, -0.1) is 5.06 Å². The van der Waals surface area contributed by atoms with Crippen molar-refractivity contribution in [1.29, 1.82) is 0 Å². The lowest BCUT2D eigenvalue weighted by atomic mass is 10.0. The zero-order chi connectivity index (χ0) is 25.6. The Balaban J connectivity index is 1.19. The van der Waals surface area contributed by atoms with Crippen molar-refractivity contribution in [2.45, 2.75) is 80.4 Å². The normalized spacial score (nSPS) is 25.9. The molecule has 0 radical (unpaired) electrons. The number of aliphatic imine (C=N–C) groups is 1. The number of hydrogen-bond acceptors (Lipinski definition) is 11. The van der Waals surface area contributed by atoms with E-state index >= 15 is 0 Å². The summed E-state index contributed by atoms with van der Waals surface area (Å²) in [5.41, 5.74) is 5.74. The van der Waals surface area contributed by atoms with Crippen LogP contribution < -0.4 is 16.4 Å². The number of unbranched alkanes of at least 4 members (excludes halogenated alkanes) is 3. The molecule has 3 heterocycles. The number of amides is 3. The quantitative estimate of drug-likeness (QED) is 0.135. The van der Waals surface area contributed by atoms with Crippen LogP contribution in [0.4, 0.5) is 0 Å². The first-order chi connectivity index (χ1) is 16.6. The number of nitrogens with two attached hydrogens (primary N) is 1. The predicted molar refractivity (Wildman–Crippen MR) is 126 cm³/mol. The number of nitrogens with one attached hydrogen (secondary N) is 2. The third-order valence-electron chi connectivity index (χ3n) is 6.04. The molecule has 0 aromatic heterocycles. The third-order valence-corrected chi connectivity index (χ3v) is 8.62. The second-order valence-corrected chi connectivity index (χ2v) is 11.6. The molecule has 196 valence electrons. The number of guanidine groups is 1. The summed E-state index contributed by atoms with van der Waals surface area (Å²) in [5.74, 6) is -1.65. The minimum atomic E-state index is -4.75. The van der Waals surface area contributed by atoms with Crippen LogP contribution in [-0.4, -0.2) is 82.6 Å². The summed E-state index contributed by atoms with van der Waals surface area (Å²) < 4.78 is 31.1. The number of nitrogens with zero attached hydrogens (tertiary/aromatic N) is 2. The lowest BCUT2D eigenvalue weighted by Crippen LogP contribution is -2.38. The Morgan fingerprint density at radius 2 is 1.94 bits per heavy atom. The molecule has 5 N–H and O–H groups in total. The minimum Gasteiger partial charge on any atom is -0.370 e. The van der Waals surface area contributed by atoms with E-state index in [-0.39, 0.29) is 23.4 Å². The van der Waals surface area contributed by atoms with Gasteiger partial charge in [0.15, 0.2) is 11.2 Å². The van der Waals surface area contributed by atoms with Gasteiger partial charge in [0.1, 0.15) is 0 Å². The molecule has 3 amide bonds. The van der Waals surface area contributed by atoms with E-state index in [1.54, 1.807) is 0 Å². The van der Waals surface area contributed by atoms with Crippen LogP contribution in [0.3, 0.4) is 0 Å². The summed E-state index contributed by atoms with van der Waals surface area (Å²) in [6.07, 6.45) is 3.96. The predicted octanol–water partition coefficient (Wildman–Crippen LogP) is -0.533. The van der Waals surface area contributed by atoms with E-state index in [1.165, 1.54) is 0 Å². The Morgan fingerprint density at radius 3 is 2.66 bits per heavy atom. The molecule has 2 fully saturated rings. The highest BCUT2D eigenvalue weighted by Crippen LogP contribution is 2.35. The van der Waals surface area contributed by atoms with Crippen LogP contribution in [0.1, 0.15) is 57.8 Å². The summed E-state index contributed by atoms with van der Waals surface area (Å²) in [5, 5.41) is 4.62. The number of rotatable bonds is 13. The summed E-state index contributed by atoms with van der Waals surface area (Å²) in [6.45, 7) is 0.467. The van der Waals surface area contributed by atoms with E-state index < -0.39 is 39.6 Å². The van der Waals surface area contributed by atoms with Gasteiger partial charge in [-0.1, -0.05) is 12.8 Å². The molecule has 3 rings (SSSR count). The van der Waals surface area contributed by atoms with Crippen LogP contribution >= 0.6 is 11.8 Å². The third kappa shape index (κ3) is 7.54. The summed E-state index contributed by atoms with van der Waals surface area (Å²) >= 11 is 1.90. The Hall–Kier alpha value is -2.39. The molecule has 2 saturated heterocycles. The SMILES string of the molecule is NC1=NC2C(CSC2CCCCC(=O)NCCCCCC(=O)ON2C(=O)CC(S(=O)(=O)O)C2=O)N1. The van der Waals surface area contributed by atoms with Gasteiger partial charge in [0, 0.05) is 30.4 Å². The van der Waals surface area contributed by atoms with Gasteiger partial charge in [0.05, 0.1) is 18.5 Å². The van der Waals surface area contributed by atoms with Gasteiger partial charge < -0.3 is 21.2 Å². The molecule has 4 unspecified atom stereocenters. The molecule has 0 aliphatic carbocycles. The second-order valence-electron chi connectivity index (χ2n) is 8.73. The van der Waals surface area contributed by atoms with Gasteiger partial charge in [-0.25, -0.2) is 9.79 Å². The second kappa shape index (κ2) is 12.0. The number of thioether (sulfide) groups is 1. The zero-order valence-electron chi connectivity index (χ0n) is 19.2. The van der Waals surface area contributed by atoms with Gasteiger partial charge in [0.2, 0.25) is 5.91 Å². The van der Waals surface area contributed by atoms with Crippen molar-refractivity contribution in [2.24, 2.45) is 10.7 Å². The summed E-state index contributed by atoms with van der Waals surface area (Å²) in [7, 11) is -4.75. The van der Waals surface area contributed by atoms with Gasteiger partial charge in [0.25, 0.3) is 21.9 Å². The van der Waals surface area contributed by atoms with Crippen molar-refractivity contribution < 1.29 is 37.0 Å². The number of carbonyl (C=O) groups excluding carboxylic acids is 4. The van der Waals surface area contributed by atoms with E-state index in [2.05, 4.69) is 20.5 Å². The van der Waals surface area contributed by atoms with Gasteiger partial charge in [-0.3, -0.25) is 18.9 Å². The first-order valence-corrected chi connectivity index (χ1v) is 14.1. The average molecular weight is 534 g/mol. The molecule has 35 heavy (non-hydrogen) atoms. The molecule has 0 aromatic carbocycles. The highest BCUT2D eigenvalue weighted by molar-refractivity contribution is 8.00. The Kier molecular flexibility index (Phi) is 9.35. The molecule has 0 saturated carbocycles. The van der Waals surface area contributed by atoms with Crippen molar-refractivity contribution in [2.75, 3.05) is 12.3 Å². The Labute approximate surface area is 207 Å². The van der Waals surface area contributed by atoms with E-state index in [1.807, 2.05) is 11.8 Å². The number of fused-ring (bicyclic) bond motifs is 1. The highest BCUT2D eigenvalue weighted by Gasteiger charge is 2.48. The fraction of sp³-hybridized carbons (Fsp3) is 0.750. The molecular formula is C20H31N5O8S2. The topological polar surface area (TPSA) is 198 Å². The van der Waals surface area contributed by atoms with Crippen molar-refractivity contribution in [3.8, 4) is 0 Å². The smallest absolute Gasteiger partial charge is 0.333 e. The van der Waals surface area contributed by atoms with Gasteiger partial charge >= 0.3 is 5.97 Å². The van der Waals surface area contributed by atoms with E-state index in [0.29, 0.717) is 49.5 Å². The number of hydroxylamine groups is 2. The van der Waals surface area contributed by atoms with E-state index in [0.717, 1.165) is 25.0 Å². The van der Waals surface area contributed by atoms with Gasteiger partial charge in [-0.05, 0) is 25.7 Å². The van der Waals surface area contributed by atoms with Crippen molar-refractivity contribution >= 4 is 51.5 Å². The maximum atomic E-state index is 12.0. The molecule has 3 aliphatic heterocycles. The first kappa shape index (κ1) is 27.2.